The van der Waals surface area contributed by atoms with Crippen molar-refractivity contribution >= 4 is 51.8 Å². The third-order valence-corrected chi connectivity index (χ3v) is 6.41. The lowest BCUT2D eigenvalue weighted by molar-refractivity contribution is -0.117. The maximum Gasteiger partial charge on any atom is 0.251 e. The van der Waals surface area contributed by atoms with E-state index in [2.05, 4.69) is 10.3 Å². The van der Waals surface area contributed by atoms with Crippen LogP contribution in [0.1, 0.15) is 22.3 Å². The summed E-state index contributed by atoms with van der Waals surface area (Å²) in [5, 5.41) is 13.4. The van der Waals surface area contributed by atoms with Gasteiger partial charge >= 0.3 is 0 Å². The number of nitriles is 1. The van der Waals surface area contributed by atoms with Crippen LogP contribution >= 0.6 is 11.8 Å². The Morgan fingerprint density at radius 1 is 1.21 bits per heavy atom. The lowest BCUT2D eigenvalue weighted by Gasteiger charge is -2.25. The summed E-state index contributed by atoms with van der Waals surface area (Å²) in [5.41, 5.74) is 15.6. The van der Waals surface area contributed by atoms with Crippen molar-refractivity contribution in [3.63, 3.8) is 0 Å². The Bertz CT molecular complexity index is 1370. The summed E-state index contributed by atoms with van der Waals surface area (Å²) in [4.78, 5) is 40.9. The van der Waals surface area contributed by atoms with Crippen molar-refractivity contribution < 1.29 is 14.4 Å². The fourth-order valence-electron chi connectivity index (χ4n) is 3.97. The number of nitrogens with two attached hydrogens (primary N) is 2. The first-order chi connectivity index (χ1) is 15.8. The number of carbonyl (C=O) groups is 3. The quantitative estimate of drug-likeness (QED) is 0.443. The molecule has 3 aromatic rings. The van der Waals surface area contributed by atoms with Gasteiger partial charge < -0.3 is 26.7 Å². The second kappa shape index (κ2) is 8.72. The highest BCUT2D eigenvalue weighted by Gasteiger charge is 2.28. The van der Waals surface area contributed by atoms with Crippen LogP contribution in [-0.2, 0) is 9.59 Å². The van der Waals surface area contributed by atoms with E-state index in [1.807, 2.05) is 47.7 Å². The smallest absolute Gasteiger partial charge is 0.251 e. The normalized spacial score (nSPS) is 14.9. The third kappa shape index (κ3) is 3.90. The maximum atomic E-state index is 12.1. The monoisotopic (exact) mass is 460 g/mol. The number of anilines is 2. The average molecular weight is 461 g/mol. The molecular formula is C23H20N6O3S. The zero-order chi connectivity index (χ0) is 23.7. The predicted octanol–water partition coefficient (Wildman–Crippen LogP) is 2.93. The van der Waals surface area contributed by atoms with Crippen LogP contribution in [0.2, 0.25) is 0 Å². The molecule has 0 spiro atoms. The number of H-pyrrole nitrogens is 1. The topological polar surface area (TPSA) is 158 Å². The number of thioether (sulfide) groups is 1. The Balaban J connectivity index is 1.91. The van der Waals surface area contributed by atoms with Gasteiger partial charge in [0.2, 0.25) is 5.91 Å². The van der Waals surface area contributed by atoms with Gasteiger partial charge in [-0.15, -0.1) is 0 Å². The number of aromatic nitrogens is 1. The molecule has 2 heterocycles. The van der Waals surface area contributed by atoms with Crippen molar-refractivity contribution in [1.82, 2.24) is 4.98 Å². The number of nitrogens with one attached hydrogen (secondary N) is 2. The molecular weight excluding hydrogens is 440 g/mol. The summed E-state index contributed by atoms with van der Waals surface area (Å²) >= 11 is 1.33. The molecule has 1 atom stereocenters. The van der Waals surface area contributed by atoms with E-state index in [4.69, 9.17) is 16.7 Å². The highest BCUT2D eigenvalue weighted by molar-refractivity contribution is 8.03. The van der Waals surface area contributed by atoms with E-state index in [0.717, 1.165) is 22.4 Å². The van der Waals surface area contributed by atoms with Gasteiger partial charge in [-0.2, -0.15) is 5.26 Å². The molecule has 166 valence electrons. The number of rotatable bonds is 6. The number of benzene rings is 2. The number of aromatic amines is 1. The number of amides is 3. The van der Waals surface area contributed by atoms with Gasteiger partial charge in [-0.25, -0.2) is 0 Å². The maximum absolute atomic E-state index is 12.1. The van der Waals surface area contributed by atoms with Gasteiger partial charge in [-0.05, 0) is 41.2 Å². The van der Waals surface area contributed by atoms with Crippen molar-refractivity contribution in [1.29, 1.82) is 5.26 Å². The van der Waals surface area contributed by atoms with Gasteiger partial charge in [0.15, 0.2) is 5.37 Å². The summed E-state index contributed by atoms with van der Waals surface area (Å²) in [6.45, 7) is 1.92. The fourth-order valence-corrected chi connectivity index (χ4v) is 4.77. The van der Waals surface area contributed by atoms with Crippen LogP contribution in [-0.4, -0.2) is 28.1 Å². The molecule has 6 N–H and O–H groups in total. The second-order valence-corrected chi connectivity index (χ2v) is 8.38. The first-order valence-corrected chi connectivity index (χ1v) is 10.9. The van der Waals surface area contributed by atoms with Gasteiger partial charge in [-0.1, -0.05) is 30.0 Å². The fraction of sp³-hybridized carbons (Fsp3) is 0.130. The van der Waals surface area contributed by atoms with Crippen LogP contribution < -0.4 is 21.7 Å². The number of hydrogen-bond donors (Lipinski definition) is 4. The van der Waals surface area contributed by atoms with Crippen molar-refractivity contribution in [3.05, 3.63) is 59.3 Å². The van der Waals surface area contributed by atoms with E-state index in [0.29, 0.717) is 16.6 Å². The molecule has 10 heteroatoms. The zero-order valence-electron chi connectivity index (χ0n) is 17.6. The van der Waals surface area contributed by atoms with Crippen molar-refractivity contribution in [2.24, 2.45) is 11.5 Å². The molecule has 0 saturated carbocycles. The van der Waals surface area contributed by atoms with Gasteiger partial charge in [-0.3, -0.25) is 14.4 Å². The van der Waals surface area contributed by atoms with E-state index in [9.17, 15) is 14.4 Å². The molecule has 4 rings (SSSR count). The van der Waals surface area contributed by atoms with E-state index < -0.39 is 23.1 Å². The van der Waals surface area contributed by atoms with E-state index in [-0.39, 0.29) is 12.0 Å². The van der Waals surface area contributed by atoms with Crippen LogP contribution in [0.3, 0.4) is 0 Å². The molecule has 33 heavy (non-hydrogen) atoms. The lowest BCUT2D eigenvalue weighted by Crippen LogP contribution is -2.37. The Hall–Kier alpha value is -4.23. The van der Waals surface area contributed by atoms with E-state index in [1.54, 1.807) is 18.3 Å². The van der Waals surface area contributed by atoms with E-state index >= 15 is 0 Å². The Morgan fingerprint density at radius 3 is 2.70 bits per heavy atom. The molecule has 0 bridgehead atoms. The molecule has 1 aromatic heterocycles. The van der Waals surface area contributed by atoms with Crippen LogP contribution in [0.25, 0.3) is 22.0 Å². The second-order valence-electron chi connectivity index (χ2n) is 7.39. The molecule has 9 nitrogen and oxygen atoms in total. The lowest BCUT2D eigenvalue weighted by atomic mass is 9.93. The minimum absolute atomic E-state index is 0.274. The summed E-state index contributed by atoms with van der Waals surface area (Å²) in [7, 11) is 0. The van der Waals surface area contributed by atoms with E-state index in [1.165, 1.54) is 11.8 Å². The van der Waals surface area contributed by atoms with Crippen molar-refractivity contribution in [2.45, 2.75) is 18.7 Å². The average Bonchev–Trinajstić information content (AvgIpc) is 3.41. The number of fused-ring (bicyclic) bond motifs is 1. The van der Waals surface area contributed by atoms with Crippen LogP contribution in [0.15, 0.2) is 48.1 Å². The number of nitrogens with zero attached hydrogens (tertiary/aromatic N) is 2. The molecule has 1 aliphatic rings. The standard InChI is InChI=1S/C23H20N6O3S/c1-12-13(3-2-4-17(12)29-9-10-33-23(29)22(26)32)14-5-6-15(21(25)31)20-19(14)16(11-27-20)28-18(30)7-8-24/h2-6,9-11,23,27H,7H2,1H3,(H2,25,31)(H2,26,32)(H,28,30). The van der Waals surface area contributed by atoms with Crippen LogP contribution in [0.4, 0.5) is 11.4 Å². The van der Waals surface area contributed by atoms with Crippen LogP contribution in [0.5, 0.6) is 0 Å². The molecule has 3 amide bonds. The molecule has 0 fully saturated rings. The minimum atomic E-state index is -0.614. The highest BCUT2D eigenvalue weighted by Crippen LogP contribution is 2.41. The summed E-state index contributed by atoms with van der Waals surface area (Å²) in [6.07, 6.45) is 3.07. The minimum Gasteiger partial charge on any atom is -0.367 e. The predicted molar refractivity (Wildman–Crippen MR) is 128 cm³/mol. The van der Waals surface area contributed by atoms with Gasteiger partial charge in [0, 0.05) is 23.5 Å². The highest BCUT2D eigenvalue weighted by atomic mass is 32.2. The largest absolute Gasteiger partial charge is 0.367 e. The van der Waals surface area contributed by atoms with Crippen molar-refractivity contribution in [2.75, 3.05) is 10.2 Å². The zero-order valence-corrected chi connectivity index (χ0v) is 18.4. The molecule has 0 aliphatic carbocycles. The molecule has 0 saturated heterocycles. The summed E-state index contributed by atoms with van der Waals surface area (Å²) in [5.74, 6) is -1.53. The van der Waals surface area contributed by atoms with Crippen LogP contribution in [0, 0.1) is 18.3 Å². The molecule has 0 radical (unpaired) electrons. The Morgan fingerprint density at radius 2 is 2.00 bits per heavy atom. The third-order valence-electron chi connectivity index (χ3n) is 5.41. The number of hydrogen-bond acceptors (Lipinski definition) is 6. The first-order valence-electron chi connectivity index (χ1n) is 9.94. The number of primary amides is 2. The molecule has 1 aliphatic heterocycles. The van der Waals surface area contributed by atoms with Gasteiger partial charge in [0.25, 0.3) is 11.8 Å². The van der Waals surface area contributed by atoms with Gasteiger partial charge in [0.1, 0.15) is 6.42 Å². The van der Waals surface area contributed by atoms with Gasteiger partial charge in [0.05, 0.1) is 22.8 Å². The molecule has 1 unspecified atom stereocenters. The SMILES string of the molecule is Cc1c(-c2ccc(C(N)=O)c3[nH]cc(NC(=O)CC#N)c23)cccc1N1C=CSC1C(N)=O. The summed E-state index contributed by atoms with van der Waals surface area (Å²) in [6, 6.07) is 10.9. The first kappa shape index (κ1) is 22.0. The Labute approximate surface area is 193 Å². The summed E-state index contributed by atoms with van der Waals surface area (Å²) < 4.78 is 0. The Kier molecular flexibility index (Phi) is 5.81. The number of carbonyl (C=O) groups excluding carboxylic acids is 3. The van der Waals surface area contributed by atoms with Crippen molar-refractivity contribution in [3.8, 4) is 17.2 Å². The molecule has 2 aromatic carbocycles.